The molecule has 0 aromatic carbocycles. The molecule has 2 heterocycles. The first-order valence-electron chi connectivity index (χ1n) is 5.64. The highest BCUT2D eigenvalue weighted by Crippen LogP contribution is 2.11. The summed E-state index contributed by atoms with van der Waals surface area (Å²) in [6.07, 6.45) is 6.40. The zero-order chi connectivity index (χ0) is 12.1. The summed E-state index contributed by atoms with van der Waals surface area (Å²) in [4.78, 5) is 13.8. The lowest BCUT2D eigenvalue weighted by atomic mass is 10.3. The standard InChI is InChI=1S/C12H17N5/c1-17(9-10-3-6-14-8-10)12-4-7-15-11(16-12)2-5-13/h3-4,6-8,14H,2,5,9,13H2,1H3. The molecule has 5 nitrogen and oxygen atoms in total. The maximum absolute atomic E-state index is 5.50. The Kier molecular flexibility index (Phi) is 3.72. The second kappa shape index (κ2) is 5.45. The Morgan fingerprint density at radius 1 is 1.41 bits per heavy atom. The van der Waals surface area contributed by atoms with Crippen LogP contribution in [0.1, 0.15) is 11.4 Å². The van der Waals surface area contributed by atoms with E-state index in [0.717, 1.165) is 18.2 Å². The largest absolute Gasteiger partial charge is 0.367 e. The van der Waals surface area contributed by atoms with Gasteiger partial charge in [0, 0.05) is 38.6 Å². The molecule has 2 aromatic rings. The summed E-state index contributed by atoms with van der Waals surface area (Å²) < 4.78 is 0. The Bertz CT molecular complexity index is 452. The van der Waals surface area contributed by atoms with Crippen LogP contribution in [0.3, 0.4) is 0 Å². The van der Waals surface area contributed by atoms with E-state index in [4.69, 9.17) is 5.73 Å². The van der Waals surface area contributed by atoms with E-state index in [1.807, 2.05) is 25.5 Å². The van der Waals surface area contributed by atoms with E-state index in [2.05, 4.69) is 25.9 Å². The number of hydrogen-bond donors (Lipinski definition) is 2. The van der Waals surface area contributed by atoms with Crippen molar-refractivity contribution in [1.82, 2.24) is 15.0 Å². The number of H-pyrrole nitrogens is 1. The zero-order valence-electron chi connectivity index (χ0n) is 9.93. The van der Waals surface area contributed by atoms with E-state index in [1.165, 1.54) is 5.56 Å². The van der Waals surface area contributed by atoms with E-state index >= 15 is 0 Å². The monoisotopic (exact) mass is 231 g/mol. The van der Waals surface area contributed by atoms with E-state index in [9.17, 15) is 0 Å². The Hall–Kier alpha value is -1.88. The van der Waals surface area contributed by atoms with E-state index in [-0.39, 0.29) is 0 Å². The Balaban J connectivity index is 2.07. The fourth-order valence-electron chi connectivity index (χ4n) is 1.66. The van der Waals surface area contributed by atoms with Crippen LogP contribution in [0, 0.1) is 0 Å². The normalized spacial score (nSPS) is 10.5. The van der Waals surface area contributed by atoms with Gasteiger partial charge in [-0.15, -0.1) is 0 Å². The molecular formula is C12H17N5. The minimum absolute atomic E-state index is 0.574. The predicted molar refractivity (Wildman–Crippen MR) is 67.7 cm³/mol. The van der Waals surface area contributed by atoms with Crippen molar-refractivity contribution in [2.24, 2.45) is 5.73 Å². The molecule has 2 aromatic heterocycles. The number of aromatic amines is 1. The van der Waals surface area contributed by atoms with Gasteiger partial charge in [0.2, 0.25) is 0 Å². The summed E-state index contributed by atoms with van der Waals surface area (Å²) in [6, 6.07) is 3.96. The lowest BCUT2D eigenvalue weighted by Crippen LogP contribution is -2.18. The van der Waals surface area contributed by atoms with Gasteiger partial charge in [-0.1, -0.05) is 0 Å². The molecular weight excluding hydrogens is 214 g/mol. The lowest BCUT2D eigenvalue weighted by molar-refractivity contribution is 0.832. The van der Waals surface area contributed by atoms with Crippen LogP contribution in [0.2, 0.25) is 0 Å². The molecule has 0 aliphatic rings. The summed E-state index contributed by atoms with van der Waals surface area (Å²) in [7, 11) is 2.02. The van der Waals surface area contributed by atoms with Crippen LogP contribution in [0.5, 0.6) is 0 Å². The van der Waals surface area contributed by atoms with Crippen LogP contribution in [0.4, 0.5) is 5.82 Å². The van der Waals surface area contributed by atoms with Crippen molar-refractivity contribution >= 4 is 5.82 Å². The molecule has 0 spiro atoms. The van der Waals surface area contributed by atoms with Crippen LogP contribution in [-0.4, -0.2) is 28.5 Å². The molecule has 0 saturated carbocycles. The van der Waals surface area contributed by atoms with Crippen molar-refractivity contribution in [3.8, 4) is 0 Å². The van der Waals surface area contributed by atoms with Gasteiger partial charge in [0.15, 0.2) is 0 Å². The van der Waals surface area contributed by atoms with Crippen LogP contribution >= 0.6 is 0 Å². The second-order valence-corrected chi connectivity index (χ2v) is 3.95. The van der Waals surface area contributed by atoms with Gasteiger partial charge in [0.1, 0.15) is 11.6 Å². The SMILES string of the molecule is CN(Cc1cc[nH]c1)c1ccnc(CCN)n1. The summed E-state index contributed by atoms with van der Waals surface area (Å²) in [5.41, 5.74) is 6.73. The van der Waals surface area contributed by atoms with E-state index in [0.29, 0.717) is 13.0 Å². The minimum Gasteiger partial charge on any atom is -0.367 e. The molecule has 17 heavy (non-hydrogen) atoms. The van der Waals surface area contributed by atoms with E-state index in [1.54, 1.807) is 6.20 Å². The number of anilines is 1. The third-order valence-corrected chi connectivity index (χ3v) is 2.53. The van der Waals surface area contributed by atoms with Gasteiger partial charge in [-0.3, -0.25) is 0 Å². The molecule has 0 saturated heterocycles. The molecule has 0 amide bonds. The molecule has 0 atom stereocenters. The average molecular weight is 231 g/mol. The van der Waals surface area contributed by atoms with E-state index < -0.39 is 0 Å². The smallest absolute Gasteiger partial charge is 0.132 e. The summed E-state index contributed by atoms with van der Waals surface area (Å²) >= 11 is 0. The maximum Gasteiger partial charge on any atom is 0.132 e. The highest BCUT2D eigenvalue weighted by Gasteiger charge is 2.05. The molecule has 0 fully saturated rings. The molecule has 0 unspecified atom stereocenters. The number of nitrogens with one attached hydrogen (secondary N) is 1. The number of hydrogen-bond acceptors (Lipinski definition) is 4. The van der Waals surface area contributed by atoms with Crippen LogP contribution in [0.25, 0.3) is 0 Å². The molecule has 3 N–H and O–H groups in total. The lowest BCUT2D eigenvalue weighted by Gasteiger charge is -2.17. The molecule has 5 heteroatoms. The first-order chi connectivity index (χ1) is 8.29. The van der Waals surface area contributed by atoms with Gasteiger partial charge in [-0.25, -0.2) is 9.97 Å². The Morgan fingerprint density at radius 3 is 3.00 bits per heavy atom. The van der Waals surface area contributed by atoms with Gasteiger partial charge in [-0.05, 0) is 24.2 Å². The highest BCUT2D eigenvalue weighted by atomic mass is 15.2. The fraction of sp³-hybridized carbons (Fsp3) is 0.333. The summed E-state index contributed by atoms with van der Waals surface area (Å²) in [6.45, 7) is 1.40. The third kappa shape index (κ3) is 3.04. The summed E-state index contributed by atoms with van der Waals surface area (Å²) in [5.74, 6) is 1.72. The highest BCUT2D eigenvalue weighted by molar-refractivity contribution is 5.37. The number of nitrogens with zero attached hydrogens (tertiary/aromatic N) is 3. The van der Waals surface area contributed by atoms with Crippen molar-refractivity contribution < 1.29 is 0 Å². The fourth-order valence-corrected chi connectivity index (χ4v) is 1.66. The predicted octanol–water partition coefficient (Wildman–Crippen LogP) is 0.942. The molecule has 0 radical (unpaired) electrons. The first-order valence-corrected chi connectivity index (χ1v) is 5.64. The molecule has 2 rings (SSSR count). The van der Waals surface area contributed by atoms with Crippen molar-refractivity contribution in [1.29, 1.82) is 0 Å². The molecule has 0 aliphatic heterocycles. The van der Waals surface area contributed by atoms with Gasteiger partial charge in [0.25, 0.3) is 0 Å². The molecule has 90 valence electrons. The van der Waals surface area contributed by atoms with Crippen molar-refractivity contribution in [2.75, 3.05) is 18.5 Å². The molecule has 0 bridgehead atoms. The molecule has 0 aliphatic carbocycles. The van der Waals surface area contributed by atoms with Crippen LogP contribution < -0.4 is 10.6 Å². The Morgan fingerprint density at radius 2 is 2.29 bits per heavy atom. The Labute approximate surface area is 101 Å². The van der Waals surface area contributed by atoms with Crippen molar-refractivity contribution in [3.05, 3.63) is 42.1 Å². The quantitative estimate of drug-likeness (QED) is 0.803. The summed E-state index contributed by atoms with van der Waals surface area (Å²) in [5, 5.41) is 0. The van der Waals surface area contributed by atoms with Crippen LogP contribution in [0.15, 0.2) is 30.7 Å². The first kappa shape index (κ1) is 11.6. The van der Waals surface area contributed by atoms with Gasteiger partial charge < -0.3 is 15.6 Å². The maximum atomic E-state index is 5.50. The van der Waals surface area contributed by atoms with Gasteiger partial charge >= 0.3 is 0 Å². The average Bonchev–Trinajstić information content (AvgIpc) is 2.83. The van der Waals surface area contributed by atoms with Crippen LogP contribution in [-0.2, 0) is 13.0 Å². The number of nitrogens with two attached hydrogens (primary N) is 1. The van der Waals surface area contributed by atoms with Crippen molar-refractivity contribution in [3.63, 3.8) is 0 Å². The van der Waals surface area contributed by atoms with Gasteiger partial charge in [0.05, 0.1) is 0 Å². The number of aromatic nitrogens is 3. The number of rotatable bonds is 5. The third-order valence-electron chi connectivity index (χ3n) is 2.53. The second-order valence-electron chi connectivity index (χ2n) is 3.95. The van der Waals surface area contributed by atoms with Gasteiger partial charge in [-0.2, -0.15) is 0 Å². The van der Waals surface area contributed by atoms with Crippen molar-refractivity contribution in [2.45, 2.75) is 13.0 Å². The zero-order valence-corrected chi connectivity index (χ0v) is 9.93. The minimum atomic E-state index is 0.574. The topological polar surface area (TPSA) is 70.8 Å².